The standard InChI is InChI=1S/C23H19N3O3/c1-14-10-11-17(13-15(14)2)25-22(27)19-20(18-9-6-12-29-18)24-26(21(19)23(25)28)16-7-4-3-5-8-16/h3-13,19,21H,1-2H3/t19-,21+/m0/s1. The fraction of sp³-hybridized carbons (Fsp3) is 0.174. The maximum atomic E-state index is 13.5. The van der Waals surface area contributed by atoms with Crippen LogP contribution in [0.4, 0.5) is 11.4 Å². The summed E-state index contributed by atoms with van der Waals surface area (Å²) in [5.41, 5.74) is 3.96. The number of furan rings is 1. The van der Waals surface area contributed by atoms with Crippen molar-refractivity contribution in [3.05, 3.63) is 83.8 Å². The Kier molecular flexibility index (Phi) is 3.87. The second kappa shape index (κ2) is 6.44. The van der Waals surface area contributed by atoms with Crippen molar-refractivity contribution in [3.63, 3.8) is 0 Å². The third-order valence-electron chi connectivity index (χ3n) is 5.59. The molecule has 1 saturated heterocycles. The predicted molar refractivity (Wildman–Crippen MR) is 110 cm³/mol. The van der Waals surface area contributed by atoms with Crippen molar-refractivity contribution >= 4 is 28.9 Å². The lowest BCUT2D eigenvalue weighted by Crippen LogP contribution is -2.39. The average molecular weight is 385 g/mol. The summed E-state index contributed by atoms with van der Waals surface area (Å²) < 4.78 is 5.53. The van der Waals surface area contributed by atoms with Crippen LogP contribution in [0.25, 0.3) is 0 Å². The number of para-hydroxylation sites is 1. The topological polar surface area (TPSA) is 66.1 Å². The maximum absolute atomic E-state index is 13.5. The first-order valence-corrected chi connectivity index (χ1v) is 9.48. The first-order chi connectivity index (χ1) is 14.1. The van der Waals surface area contributed by atoms with Crippen LogP contribution in [0.5, 0.6) is 0 Å². The van der Waals surface area contributed by atoms with E-state index in [1.807, 2.05) is 62.4 Å². The molecular formula is C23H19N3O3. The number of fused-ring (bicyclic) bond motifs is 1. The van der Waals surface area contributed by atoms with Crippen LogP contribution < -0.4 is 9.91 Å². The maximum Gasteiger partial charge on any atom is 0.259 e. The van der Waals surface area contributed by atoms with Crippen LogP contribution in [0, 0.1) is 19.8 Å². The monoisotopic (exact) mass is 385 g/mol. The van der Waals surface area contributed by atoms with Gasteiger partial charge in [0.25, 0.3) is 5.91 Å². The van der Waals surface area contributed by atoms with E-state index in [2.05, 4.69) is 5.10 Å². The van der Waals surface area contributed by atoms with Crippen LogP contribution in [-0.2, 0) is 9.59 Å². The molecule has 5 rings (SSSR count). The zero-order valence-electron chi connectivity index (χ0n) is 16.1. The molecule has 1 aromatic heterocycles. The Morgan fingerprint density at radius 3 is 2.34 bits per heavy atom. The van der Waals surface area contributed by atoms with E-state index in [9.17, 15) is 9.59 Å². The number of carbonyl (C=O) groups excluding carboxylic acids is 2. The highest BCUT2D eigenvalue weighted by Crippen LogP contribution is 2.39. The van der Waals surface area contributed by atoms with Gasteiger partial charge in [0, 0.05) is 0 Å². The third kappa shape index (κ3) is 2.60. The fourth-order valence-corrected chi connectivity index (χ4v) is 3.96. The summed E-state index contributed by atoms with van der Waals surface area (Å²) in [6, 6.07) is 17.8. The molecule has 2 aromatic carbocycles. The Balaban J connectivity index is 1.63. The van der Waals surface area contributed by atoms with Crippen molar-refractivity contribution in [2.75, 3.05) is 9.91 Å². The molecule has 3 aromatic rings. The highest BCUT2D eigenvalue weighted by molar-refractivity contribution is 6.33. The minimum absolute atomic E-state index is 0.280. The second-order valence-electron chi connectivity index (χ2n) is 7.35. The molecule has 2 aliphatic rings. The Hall–Kier alpha value is -3.67. The molecule has 3 heterocycles. The van der Waals surface area contributed by atoms with Gasteiger partial charge in [-0.1, -0.05) is 24.3 Å². The zero-order valence-corrected chi connectivity index (χ0v) is 16.1. The van der Waals surface area contributed by atoms with Gasteiger partial charge < -0.3 is 4.42 Å². The molecule has 144 valence electrons. The lowest BCUT2D eigenvalue weighted by Gasteiger charge is -2.22. The number of benzene rings is 2. The molecule has 2 atom stereocenters. The lowest BCUT2D eigenvalue weighted by molar-refractivity contribution is -0.121. The molecule has 0 unspecified atom stereocenters. The van der Waals surface area contributed by atoms with Gasteiger partial charge in [0.05, 0.1) is 17.6 Å². The molecule has 0 bridgehead atoms. The van der Waals surface area contributed by atoms with Gasteiger partial charge in [-0.15, -0.1) is 0 Å². The second-order valence-corrected chi connectivity index (χ2v) is 7.35. The quantitative estimate of drug-likeness (QED) is 0.645. The summed E-state index contributed by atoms with van der Waals surface area (Å²) in [4.78, 5) is 28.2. The van der Waals surface area contributed by atoms with Gasteiger partial charge in [0.15, 0.2) is 5.76 Å². The van der Waals surface area contributed by atoms with Crippen molar-refractivity contribution < 1.29 is 14.0 Å². The Morgan fingerprint density at radius 1 is 0.862 bits per heavy atom. The van der Waals surface area contributed by atoms with Crippen molar-refractivity contribution in [1.82, 2.24) is 0 Å². The van der Waals surface area contributed by atoms with Crippen LogP contribution in [0.1, 0.15) is 16.9 Å². The molecule has 0 aliphatic carbocycles. The molecule has 2 amide bonds. The number of hydrogen-bond donors (Lipinski definition) is 0. The van der Waals surface area contributed by atoms with Crippen molar-refractivity contribution in [1.29, 1.82) is 0 Å². The predicted octanol–water partition coefficient (Wildman–Crippen LogP) is 3.68. The van der Waals surface area contributed by atoms with Gasteiger partial charge in [-0.05, 0) is 61.4 Å². The Morgan fingerprint density at radius 2 is 1.66 bits per heavy atom. The number of imide groups is 1. The van der Waals surface area contributed by atoms with E-state index in [0.717, 1.165) is 16.8 Å². The Bertz CT molecular complexity index is 1140. The van der Waals surface area contributed by atoms with Gasteiger partial charge in [-0.2, -0.15) is 5.10 Å². The zero-order chi connectivity index (χ0) is 20.1. The van der Waals surface area contributed by atoms with Gasteiger partial charge in [-0.25, -0.2) is 4.90 Å². The lowest BCUT2D eigenvalue weighted by atomic mass is 9.96. The number of rotatable bonds is 3. The molecule has 0 saturated carbocycles. The summed E-state index contributed by atoms with van der Waals surface area (Å²) in [5.74, 6) is -0.772. The third-order valence-corrected chi connectivity index (χ3v) is 5.59. The smallest absolute Gasteiger partial charge is 0.259 e. The van der Waals surface area contributed by atoms with E-state index in [1.165, 1.54) is 4.90 Å². The van der Waals surface area contributed by atoms with Crippen LogP contribution in [0.15, 0.2) is 76.4 Å². The minimum Gasteiger partial charge on any atom is -0.463 e. The number of hydrogen-bond acceptors (Lipinski definition) is 5. The normalized spacial score (nSPS) is 21.0. The summed E-state index contributed by atoms with van der Waals surface area (Å²) >= 11 is 0. The van der Waals surface area contributed by atoms with Gasteiger partial charge in [-0.3, -0.25) is 14.6 Å². The first kappa shape index (κ1) is 17.4. The SMILES string of the molecule is Cc1ccc(N2C(=O)[C@H]3C(c4ccco4)=NN(c4ccccc4)[C@H]3C2=O)cc1C. The first-order valence-electron chi connectivity index (χ1n) is 9.48. The number of amides is 2. The molecule has 0 spiro atoms. The number of hydrazone groups is 1. The summed E-state index contributed by atoms with van der Waals surface area (Å²) in [6.45, 7) is 3.97. The van der Waals surface area contributed by atoms with E-state index in [-0.39, 0.29) is 11.8 Å². The highest BCUT2D eigenvalue weighted by Gasteiger charge is 2.58. The van der Waals surface area contributed by atoms with Crippen molar-refractivity contribution in [2.45, 2.75) is 19.9 Å². The highest BCUT2D eigenvalue weighted by atomic mass is 16.3. The van der Waals surface area contributed by atoms with Crippen LogP contribution in [0.2, 0.25) is 0 Å². The molecule has 1 fully saturated rings. The van der Waals surface area contributed by atoms with Crippen LogP contribution >= 0.6 is 0 Å². The van der Waals surface area contributed by atoms with E-state index in [1.54, 1.807) is 23.4 Å². The van der Waals surface area contributed by atoms with E-state index >= 15 is 0 Å². The molecule has 2 aliphatic heterocycles. The molecule has 6 heteroatoms. The molecule has 29 heavy (non-hydrogen) atoms. The van der Waals surface area contributed by atoms with Crippen molar-refractivity contribution in [2.24, 2.45) is 11.0 Å². The molecule has 6 nitrogen and oxygen atoms in total. The van der Waals surface area contributed by atoms with Crippen LogP contribution in [-0.4, -0.2) is 23.6 Å². The number of nitrogens with zero attached hydrogens (tertiary/aromatic N) is 3. The Labute approximate surface area is 168 Å². The molecule has 0 radical (unpaired) electrons. The summed E-state index contributed by atoms with van der Waals surface area (Å²) in [5, 5.41) is 6.28. The number of aryl methyl sites for hydroxylation is 2. The molecular weight excluding hydrogens is 366 g/mol. The summed E-state index contributed by atoms with van der Waals surface area (Å²) in [6.07, 6.45) is 1.54. The minimum atomic E-state index is -0.730. The number of anilines is 2. The van der Waals surface area contributed by atoms with Gasteiger partial charge >= 0.3 is 0 Å². The van der Waals surface area contributed by atoms with E-state index in [0.29, 0.717) is 17.2 Å². The van der Waals surface area contributed by atoms with Gasteiger partial charge in [0.2, 0.25) is 5.91 Å². The fourth-order valence-electron chi connectivity index (χ4n) is 3.96. The molecule has 0 N–H and O–H groups in total. The van der Waals surface area contributed by atoms with Gasteiger partial charge in [0.1, 0.15) is 17.7 Å². The van der Waals surface area contributed by atoms with E-state index in [4.69, 9.17) is 4.42 Å². The average Bonchev–Trinajstić information content (AvgIpc) is 3.43. The van der Waals surface area contributed by atoms with Crippen molar-refractivity contribution in [3.8, 4) is 0 Å². The number of carbonyl (C=O) groups is 2. The largest absolute Gasteiger partial charge is 0.463 e. The van der Waals surface area contributed by atoms with Crippen LogP contribution in [0.3, 0.4) is 0 Å². The summed E-state index contributed by atoms with van der Waals surface area (Å²) in [7, 11) is 0. The van der Waals surface area contributed by atoms with E-state index < -0.39 is 12.0 Å².